The Bertz CT molecular complexity index is 826. The average Bonchev–Trinajstić information content (AvgIpc) is 3.14. The maximum atomic E-state index is 13.3. The first-order valence-electron chi connectivity index (χ1n) is 9.29. The molecule has 1 amide bonds. The molecule has 0 radical (unpaired) electrons. The van der Waals surface area contributed by atoms with Crippen molar-refractivity contribution in [1.82, 2.24) is 4.90 Å². The number of rotatable bonds is 7. The summed E-state index contributed by atoms with van der Waals surface area (Å²) >= 11 is 0. The molecule has 0 fully saturated rings. The van der Waals surface area contributed by atoms with Gasteiger partial charge in [-0.05, 0) is 25.5 Å². The van der Waals surface area contributed by atoms with Crippen molar-refractivity contribution in [3.8, 4) is 0 Å². The molecular weight excluding hydrogens is 362 g/mol. The van der Waals surface area contributed by atoms with E-state index in [1.54, 1.807) is 24.8 Å². The van der Waals surface area contributed by atoms with Gasteiger partial charge in [0.2, 0.25) is 5.91 Å². The van der Waals surface area contributed by atoms with E-state index in [2.05, 4.69) is 0 Å². The van der Waals surface area contributed by atoms with E-state index in [0.29, 0.717) is 18.8 Å². The van der Waals surface area contributed by atoms with Crippen LogP contribution in [0.15, 0.2) is 47.1 Å². The highest BCUT2D eigenvalue weighted by molar-refractivity contribution is 6.02. The summed E-state index contributed by atoms with van der Waals surface area (Å²) in [5, 5.41) is 0. The van der Waals surface area contributed by atoms with Crippen LogP contribution in [0.4, 0.5) is 0 Å². The molecule has 28 heavy (non-hydrogen) atoms. The van der Waals surface area contributed by atoms with Crippen LogP contribution < -0.4 is 0 Å². The lowest BCUT2D eigenvalue weighted by Gasteiger charge is -2.33. The van der Waals surface area contributed by atoms with Crippen LogP contribution in [0.3, 0.4) is 0 Å². The zero-order chi connectivity index (χ0) is 20.1. The molecule has 2 aromatic rings. The molecule has 0 spiro atoms. The first-order valence-corrected chi connectivity index (χ1v) is 9.29. The van der Waals surface area contributed by atoms with Crippen molar-refractivity contribution in [1.29, 1.82) is 0 Å². The predicted molar refractivity (Wildman–Crippen MR) is 98.9 cm³/mol. The van der Waals surface area contributed by atoms with E-state index in [1.165, 1.54) is 6.26 Å². The Morgan fingerprint density at radius 2 is 1.75 bits per heavy atom. The minimum Gasteiger partial charge on any atom is -0.468 e. The van der Waals surface area contributed by atoms with Crippen molar-refractivity contribution in [3.05, 3.63) is 59.5 Å². The molecule has 7 nitrogen and oxygen atoms in total. The summed E-state index contributed by atoms with van der Waals surface area (Å²) < 4.78 is 15.6. The lowest BCUT2D eigenvalue weighted by Crippen LogP contribution is -2.46. The second-order valence-corrected chi connectivity index (χ2v) is 6.45. The highest BCUT2D eigenvalue weighted by Gasteiger charge is 2.49. The van der Waals surface area contributed by atoms with Crippen LogP contribution in [0.2, 0.25) is 0 Å². The summed E-state index contributed by atoms with van der Waals surface area (Å²) in [5.41, 5.74) is 1.71. The molecule has 1 aliphatic rings. The number of furan rings is 1. The van der Waals surface area contributed by atoms with E-state index in [0.717, 1.165) is 11.1 Å². The van der Waals surface area contributed by atoms with Gasteiger partial charge in [0.05, 0.1) is 19.5 Å². The van der Waals surface area contributed by atoms with Gasteiger partial charge in [-0.15, -0.1) is 0 Å². The van der Waals surface area contributed by atoms with Gasteiger partial charge >= 0.3 is 11.9 Å². The molecule has 1 aliphatic heterocycles. The number of hydrogen-bond acceptors (Lipinski definition) is 6. The average molecular weight is 385 g/mol. The lowest BCUT2D eigenvalue weighted by molar-refractivity contribution is -0.166. The molecule has 0 N–H and O–H groups in total. The van der Waals surface area contributed by atoms with Gasteiger partial charge in [-0.25, -0.2) is 0 Å². The number of ether oxygens (including phenoxy) is 2. The minimum absolute atomic E-state index is 0.0917. The lowest BCUT2D eigenvalue weighted by atomic mass is 9.84. The largest absolute Gasteiger partial charge is 0.468 e. The summed E-state index contributed by atoms with van der Waals surface area (Å²) in [6.07, 6.45) is 1.46. The van der Waals surface area contributed by atoms with Gasteiger partial charge in [-0.1, -0.05) is 30.3 Å². The van der Waals surface area contributed by atoms with Crippen molar-refractivity contribution in [2.75, 3.05) is 13.2 Å². The third-order valence-corrected chi connectivity index (χ3v) is 4.63. The van der Waals surface area contributed by atoms with Gasteiger partial charge in [-0.2, -0.15) is 0 Å². The molecule has 148 valence electrons. The third-order valence-electron chi connectivity index (χ3n) is 4.63. The van der Waals surface area contributed by atoms with Crippen LogP contribution in [0.25, 0.3) is 0 Å². The fourth-order valence-electron chi connectivity index (χ4n) is 3.41. The quantitative estimate of drug-likeness (QED) is 0.538. The zero-order valence-electron chi connectivity index (χ0n) is 15.9. The highest BCUT2D eigenvalue weighted by atomic mass is 16.6. The number of esters is 2. The normalized spacial score (nSPS) is 16.0. The Hall–Kier alpha value is -3.09. The third kappa shape index (κ3) is 3.93. The Labute approximate surface area is 163 Å². The van der Waals surface area contributed by atoms with Crippen LogP contribution in [-0.4, -0.2) is 36.0 Å². The standard InChI is InChI=1S/C21H23NO6/c1-3-26-20(24)17(21(25)27-4-2)16-18-15(10-11-28-18)13-22(19(16)23)12-14-8-6-5-7-9-14/h5-11,16-17H,3-4,12-13H2,1-2H3. The zero-order valence-corrected chi connectivity index (χ0v) is 15.9. The predicted octanol–water partition coefficient (Wildman–Crippen LogP) is 2.65. The summed E-state index contributed by atoms with van der Waals surface area (Å²) in [4.78, 5) is 40.0. The van der Waals surface area contributed by atoms with Crippen LogP contribution in [0, 0.1) is 5.92 Å². The molecule has 1 atom stereocenters. The fourth-order valence-corrected chi connectivity index (χ4v) is 3.41. The number of carbonyl (C=O) groups is 3. The SMILES string of the molecule is CCOC(=O)C(C(=O)OCC)C1C(=O)N(Cc2ccccc2)Cc2ccoc21. The molecule has 7 heteroatoms. The van der Waals surface area contributed by atoms with E-state index in [-0.39, 0.29) is 19.1 Å². The Morgan fingerprint density at radius 3 is 2.36 bits per heavy atom. The number of carbonyl (C=O) groups excluding carboxylic acids is 3. The summed E-state index contributed by atoms with van der Waals surface area (Å²) in [6, 6.07) is 11.3. The van der Waals surface area contributed by atoms with Gasteiger partial charge in [-0.3, -0.25) is 14.4 Å². The summed E-state index contributed by atoms with van der Waals surface area (Å²) in [5.74, 6) is -4.14. The number of fused-ring (bicyclic) bond motifs is 1. The van der Waals surface area contributed by atoms with E-state index in [4.69, 9.17) is 13.9 Å². The highest BCUT2D eigenvalue weighted by Crippen LogP contribution is 2.37. The molecule has 1 unspecified atom stereocenters. The van der Waals surface area contributed by atoms with Gasteiger partial charge in [0.25, 0.3) is 0 Å². The second-order valence-electron chi connectivity index (χ2n) is 6.45. The number of nitrogens with zero attached hydrogens (tertiary/aromatic N) is 1. The fraction of sp³-hybridized carbons (Fsp3) is 0.381. The van der Waals surface area contributed by atoms with E-state index >= 15 is 0 Å². The van der Waals surface area contributed by atoms with Gasteiger partial charge in [0.15, 0.2) is 5.92 Å². The van der Waals surface area contributed by atoms with E-state index in [9.17, 15) is 14.4 Å². The first-order chi connectivity index (χ1) is 13.6. The first kappa shape index (κ1) is 19.7. The topological polar surface area (TPSA) is 86.1 Å². The molecule has 0 saturated carbocycles. The molecule has 1 aromatic carbocycles. The number of benzene rings is 1. The van der Waals surface area contributed by atoms with Crippen LogP contribution >= 0.6 is 0 Å². The van der Waals surface area contributed by atoms with Gasteiger partial charge < -0.3 is 18.8 Å². The van der Waals surface area contributed by atoms with Crippen molar-refractivity contribution >= 4 is 17.8 Å². The maximum Gasteiger partial charge on any atom is 0.321 e. The summed E-state index contributed by atoms with van der Waals surface area (Å²) in [7, 11) is 0. The van der Waals surface area contributed by atoms with Crippen LogP contribution in [0.5, 0.6) is 0 Å². The molecular formula is C21H23NO6. The molecule has 0 saturated heterocycles. The Morgan fingerprint density at radius 1 is 1.11 bits per heavy atom. The summed E-state index contributed by atoms with van der Waals surface area (Å²) in [6.45, 7) is 4.17. The molecule has 0 bridgehead atoms. The smallest absolute Gasteiger partial charge is 0.321 e. The van der Waals surface area contributed by atoms with Crippen molar-refractivity contribution < 1.29 is 28.3 Å². The van der Waals surface area contributed by atoms with Crippen LogP contribution in [0.1, 0.15) is 36.7 Å². The van der Waals surface area contributed by atoms with Gasteiger partial charge in [0.1, 0.15) is 11.7 Å². The minimum atomic E-state index is -1.41. The maximum absolute atomic E-state index is 13.3. The molecule has 1 aromatic heterocycles. The van der Waals surface area contributed by atoms with E-state index < -0.39 is 23.8 Å². The number of amides is 1. The Kier molecular flexibility index (Phi) is 6.13. The number of hydrogen-bond donors (Lipinski definition) is 0. The molecule has 0 aliphatic carbocycles. The Balaban J connectivity index is 1.97. The second kappa shape index (κ2) is 8.73. The molecule has 3 rings (SSSR count). The van der Waals surface area contributed by atoms with Crippen molar-refractivity contribution in [3.63, 3.8) is 0 Å². The monoisotopic (exact) mass is 385 g/mol. The van der Waals surface area contributed by atoms with Crippen LogP contribution in [-0.2, 0) is 36.9 Å². The van der Waals surface area contributed by atoms with Gasteiger partial charge in [0, 0.05) is 18.7 Å². The van der Waals surface area contributed by atoms with Crippen molar-refractivity contribution in [2.24, 2.45) is 5.92 Å². The van der Waals surface area contributed by atoms with E-state index in [1.807, 2.05) is 30.3 Å². The molecule has 2 heterocycles. The van der Waals surface area contributed by atoms with Crippen molar-refractivity contribution in [2.45, 2.75) is 32.9 Å².